The first-order valence-corrected chi connectivity index (χ1v) is 7.65. The summed E-state index contributed by atoms with van der Waals surface area (Å²) in [6, 6.07) is 14.6. The van der Waals surface area contributed by atoms with Gasteiger partial charge in [0.25, 0.3) is 5.91 Å². The Balaban J connectivity index is 1.67. The molecule has 1 amide bonds. The number of para-hydroxylation sites is 1. The summed E-state index contributed by atoms with van der Waals surface area (Å²) in [5, 5.41) is 6.69. The van der Waals surface area contributed by atoms with E-state index in [-0.39, 0.29) is 11.7 Å². The lowest BCUT2D eigenvalue weighted by atomic mass is 10.2. The number of amides is 1. The molecule has 0 aliphatic rings. The number of benzene rings is 1. The van der Waals surface area contributed by atoms with E-state index < -0.39 is 0 Å². The molecule has 2 aromatic heterocycles. The average Bonchev–Trinajstić information content (AvgIpc) is 3.12. The van der Waals surface area contributed by atoms with Crippen molar-refractivity contribution in [2.24, 2.45) is 0 Å². The first-order chi connectivity index (χ1) is 11.8. The molecule has 24 heavy (non-hydrogen) atoms. The minimum absolute atomic E-state index is 0.143. The van der Waals surface area contributed by atoms with E-state index in [1.807, 2.05) is 43.3 Å². The van der Waals surface area contributed by atoms with Gasteiger partial charge in [-0.3, -0.25) is 9.78 Å². The van der Waals surface area contributed by atoms with Crippen molar-refractivity contribution in [2.45, 2.75) is 13.5 Å². The van der Waals surface area contributed by atoms with Crippen LogP contribution in [0.4, 0.5) is 0 Å². The first kappa shape index (κ1) is 15.7. The monoisotopic (exact) mass is 323 g/mol. The molecule has 3 aromatic rings. The van der Waals surface area contributed by atoms with E-state index >= 15 is 0 Å². The molecule has 2 heterocycles. The number of hydrogen-bond donors (Lipinski definition) is 1. The van der Waals surface area contributed by atoms with Gasteiger partial charge in [0, 0.05) is 24.4 Å². The lowest BCUT2D eigenvalue weighted by Crippen LogP contribution is -2.22. The van der Waals surface area contributed by atoms with Crippen molar-refractivity contribution >= 4 is 5.91 Å². The molecule has 0 spiro atoms. The fourth-order valence-electron chi connectivity index (χ4n) is 2.23. The number of nitrogens with zero attached hydrogens (tertiary/aromatic N) is 2. The molecule has 122 valence electrons. The minimum Gasteiger partial charge on any atom is -0.494 e. The Bertz CT molecular complexity index is 815. The summed E-state index contributed by atoms with van der Waals surface area (Å²) in [7, 11) is 0. The summed E-state index contributed by atoms with van der Waals surface area (Å²) >= 11 is 0. The molecule has 1 aromatic carbocycles. The zero-order valence-corrected chi connectivity index (χ0v) is 13.2. The van der Waals surface area contributed by atoms with E-state index in [1.54, 1.807) is 18.3 Å². The smallest absolute Gasteiger partial charge is 0.290 e. The molecule has 0 fully saturated rings. The predicted molar refractivity (Wildman–Crippen MR) is 88.5 cm³/mol. The molecular formula is C18H17N3O3. The summed E-state index contributed by atoms with van der Waals surface area (Å²) in [5.41, 5.74) is 2.08. The summed E-state index contributed by atoms with van der Waals surface area (Å²) in [5.74, 6) is 0.563. The average molecular weight is 323 g/mol. The Morgan fingerprint density at radius 1 is 1.17 bits per heavy atom. The number of carbonyl (C=O) groups is 1. The van der Waals surface area contributed by atoms with Gasteiger partial charge < -0.3 is 14.6 Å². The molecule has 0 saturated carbocycles. The van der Waals surface area contributed by atoms with Gasteiger partial charge in [0.1, 0.15) is 11.4 Å². The van der Waals surface area contributed by atoms with Crippen LogP contribution in [0.2, 0.25) is 0 Å². The van der Waals surface area contributed by atoms with Crippen molar-refractivity contribution in [3.63, 3.8) is 0 Å². The minimum atomic E-state index is -0.337. The van der Waals surface area contributed by atoms with Crippen LogP contribution in [0.5, 0.6) is 5.75 Å². The summed E-state index contributed by atoms with van der Waals surface area (Å²) in [4.78, 5) is 16.4. The van der Waals surface area contributed by atoms with Crippen molar-refractivity contribution in [3.05, 3.63) is 66.1 Å². The Morgan fingerprint density at radius 2 is 2.00 bits per heavy atom. The zero-order chi connectivity index (χ0) is 16.8. The van der Waals surface area contributed by atoms with Crippen LogP contribution in [0.1, 0.15) is 23.0 Å². The van der Waals surface area contributed by atoms with Gasteiger partial charge >= 0.3 is 0 Å². The van der Waals surface area contributed by atoms with Crippen molar-refractivity contribution < 1.29 is 14.1 Å². The van der Waals surface area contributed by atoms with Crippen LogP contribution in [0.25, 0.3) is 11.4 Å². The molecule has 6 nitrogen and oxygen atoms in total. The second-order valence-electron chi connectivity index (χ2n) is 5.01. The summed E-state index contributed by atoms with van der Waals surface area (Å²) in [6.45, 7) is 2.83. The second kappa shape index (κ2) is 7.41. The van der Waals surface area contributed by atoms with Gasteiger partial charge in [-0.1, -0.05) is 29.4 Å². The van der Waals surface area contributed by atoms with Crippen LogP contribution in [-0.4, -0.2) is 22.7 Å². The topological polar surface area (TPSA) is 77.2 Å². The largest absolute Gasteiger partial charge is 0.494 e. The number of ether oxygens (including phenoxy) is 1. The van der Waals surface area contributed by atoms with E-state index in [2.05, 4.69) is 15.5 Å². The van der Waals surface area contributed by atoms with Crippen LogP contribution >= 0.6 is 0 Å². The van der Waals surface area contributed by atoms with Crippen molar-refractivity contribution in [1.29, 1.82) is 0 Å². The molecule has 0 atom stereocenters. The van der Waals surface area contributed by atoms with Crippen LogP contribution in [0.3, 0.4) is 0 Å². The highest BCUT2D eigenvalue weighted by atomic mass is 16.5. The van der Waals surface area contributed by atoms with E-state index in [1.165, 1.54) is 0 Å². The molecule has 0 aliphatic heterocycles. The summed E-state index contributed by atoms with van der Waals surface area (Å²) < 4.78 is 10.7. The third-order valence-electron chi connectivity index (χ3n) is 3.37. The maximum absolute atomic E-state index is 12.2. The number of rotatable bonds is 6. The fraction of sp³-hybridized carbons (Fsp3) is 0.167. The SMILES string of the molecule is CCOc1ccccc1CNC(=O)c1cc(-c2ccccn2)no1. The number of hydrogen-bond acceptors (Lipinski definition) is 5. The third-order valence-corrected chi connectivity index (χ3v) is 3.37. The van der Waals surface area contributed by atoms with Crippen LogP contribution in [0.15, 0.2) is 59.3 Å². The number of nitrogens with one attached hydrogen (secondary N) is 1. The van der Waals surface area contributed by atoms with Crippen molar-refractivity contribution in [3.8, 4) is 17.1 Å². The normalized spacial score (nSPS) is 10.4. The van der Waals surface area contributed by atoms with Crippen LogP contribution in [-0.2, 0) is 6.54 Å². The van der Waals surface area contributed by atoms with Crippen molar-refractivity contribution in [2.75, 3.05) is 6.61 Å². The van der Waals surface area contributed by atoms with Gasteiger partial charge in [-0.2, -0.15) is 0 Å². The van der Waals surface area contributed by atoms with Gasteiger partial charge in [0.15, 0.2) is 0 Å². The molecule has 0 unspecified atom stereocenters. The Morgan fingerprint density at radius 3 is 2.79 bits per heavy atom. The highest BCUT2D eigenvalue weighted by Gasteiger charge is 2.15. The molecule has 0 saturated heterocycles. The van der Waals surface area contributed by atoms with Crippen molar-refractivity contribution in [1.82, 2.24) is 15.5 Å². The second-order valence-corrected chi connectivity index (χ2v) is 5.01. The van der Waals surface area contributed by atoms with Gasteiger partial charge in [-0.25, -0.2) is 0 Å². The predicted octanol–water partition coefficient (Wildman–Crippen LogP) is 3.07. The van der Waals surface area contributed by atoms with E-state index in [4.69, 9.17) is 9.26 Å². The molecular weight excluding hydrogens is 306 g/mol. The number of aromatic nitrogens is 2. The Hall–Kier alpha value is -3.15. The zero-order valence-electron chi connectivity index (χ0n) is 13.2. The van der Waals surface area contributed by atoms with E-state index in [0.717, 1.165) is 11.3 Å². The van der Waals surface area contributed by atoms with Crippen LogP contribution < -0.4 is 10.1 Å². The maximum atomic E-state index is 12.2. The fourth-order valence-corrected chi connectivity index (χ4v) is 2.23. The lowest BCUT2D eigenvalue weighted by molar-refractivity contribution is 0.0914. The molecule has 1 N–H and O–H groups in total. The van der Waals surface area contributed by atoms with Gasteiger partial charge in [0.05, 0.1) is 12.3 Å². The lowest BCUT2D eigenvalue weighted by Gasteiger charge is -2.10. The van der Waals surface area contributed by atoms with Gasteiger partial charge in [0.2, 0.25) is 5.76 Å². The molecule has 6 heteroatoms. The molecule has 0 aliphatic carbocycles. The highest BCUT2D eigenvalue weighted by molar-refractivity contribution is 5.92. The van der Waals surface area contributed by atoms with Crippen LogP contribution in [0, 0.1) is 0 Å². The standard InChI is InChI=1S/C18H17N3O3/c1-2-23-16-9-4-3-7-13(16)12-20-18(22)17-11-15(21-24-17)14-8-5-6-10-19-14/h3-11H,2,12H2,1H3,(H,20,22). The quantitative estimate of drug-likeness (QED) is 0.754. The Kier molecular flexibility index (Phi) is 4.86. The summed E-state index contributed by atoms with van der Waals surface area (Å²) in [6.07, 6.45) is 1.66. The molecule has 3 rings (SSSR count). The van der Waals surface area contributed by atoms with Gasteiger partial charge in [-0.15, -0.1) is 0 Å². The Labute approximate surface area is 139 Å². The number of pyridine rings is 1. The first-order valence-electron chi connectivity index (χ1n) is 7.65. The third kappa shape index (κ3) is 3.60. The van der Waals surface area contributed by atoms with Gasteiger partial charge in [-0.05, 0) is 25.1 Å². The van der Waals surface area contributed by atoms with E-state index in [9.17, 15) is 4.79 Å². The molecule has 0 bridgehead atoms. The van der Waals surface area contributed by atoms with E-state index in [0.29, 0.717) is 24.5 Å². The number of carbonyl (C=O) groups excluding carboxylic acids is 1. The molecule has 0 radical (unpaired) electrons. The maximum Gasteiger partial charge on any atom is 0.290 e. The highest BCUT2D eigenvalue weighted by Crippen LogP contribution is 2.19.